The zero-order valence-electron chi connectivity index (χ0n) is 14.6. The van der Waals surface area contributed by atoms with Crippen LogP contribution in [0.25, 0.3) is 0 Å². The van der Waals surface area contributed by atoms with E-state index in [1.54, 1.807) is 12.1 Å². The summed E-state index contributed by atoms with van der Waals surface area (Å²) in [6, 6.07) is 14.1. The Morgan fingerprint density at radius 2 is 1.55 bits per heavy atom. The van der Waals surface area contributed by atoms with Crippen LogP contribution in [0.1, 0.15) is 15.9 Å². The van der Waals surface area contributed by atoms with Crippen molar-refractivity contribution < 1.29 is 26.4 Å². The van der Waals surface area contributed by atoms with Gasteiger partial charge in [-0.1, -0.05) is 18.2 Å². The van der Waals surface area contributed by atoms with E-state index in [9.17, 15) is 26.4 Å². The molecule has 0 unspecified atom stereocenters. The fourth-order valence-corrected chi connectivity index (χ4v) is 3.47. The first kappa shape index (κ1) is 20.3. The molecule has 10 heteroatoms. The summed E-state index contributed by atoms with van der Waals surface area (Å²) in [4.78, 5) is 16.0. The Bertz CT molecular complexity index is 1120. The highest BCUT2D eigenvalue weighted by Gasteiger charge is 2.34. The monoisotopic (exact) mass is 421 g/mol. The summed E-state index contributed by atoms with van der Waals surface area (Å²) in [6.45, 7) is 0. The van der Waals surface area contributed by atoms with E-state index in [1.165, 1.54) is 48.7 Å². The van der Waals surface area contributed by atoms with Crippen molar-refractivity contribution in [2.45, 2.75) is 11.1 Å². The number of alkyl halides is 3. The number of amides is 1. The number of hydrogen-bond acceptors (Lipinski definition) is 4. The molecule has 150 valence electrons. The van der Waals surface area contributed by atoms with E-state index < -0.39 is 33.2 Å². The number of rotatable bonds is 5. The largest absolute Gasteiger partial charge is 0.417 e. The molecule has 2 N–H and O–H groups in total. The predicted molar refractivity (Wildman–Crippen MR) is 101 cm³/mol. The van der Waals surface area contributed by atoms with Gasteiger partial charge in [0.1, 0.15) is 5.82 Å². The van der Waals surface area contributed by atoms with Gasteiger partial charge in [0.2, 0.25) is 0 Å². The summed E-state index contributed by atoms with van der Waals surface area (Å²) in [5.74, 6) is -0.825. The van der Waals surface area contributed by atoms with Crippen molar-refractivity contribution in [3.63, 3.8) is 0 Å². The maximum atomic E-state index is 13.1. The van der Waals surface area contributed by atoms with Crippen LogP contribution in [0.2, 0.25) is 0 Å². The Balaban J connectivity index is 1.77. The van der Waals surface area contributed by atoms with Gasteiger partial charge < -0.3 is 5.32 Å². The maximum Gasteiger partial charge on any atom is 0.417 e. The summed E-state index contributed by atoms with van der Waals surface area (Å²) < 4.78 is 66.1. The topological polar surface area (TPSA) is 88.2 Å². The molecule has 0 fully saturated rings. The number of nitrogens with one attached hydrogen (secondary N) is 2. The fourth-order valence-electron chi connectivity index (χ4n) is 2.46. The number of carbonyl (C=O) groups is 1. The minimum atomic E-state index is -4.68. The van der Waals surface area contributed by atoms with Crippen molar-refractivity contribution in [3.8, 4) is 0 Å². The molecule has 1 heterocycles. The number of aromatic nitrogens is 1. The van der Waals surface area contributed by atoms with Gasteiger partial charge in [-0.25, -0.2) is 13.4 Å². The van der Waals surface area contributed by atoms with Gasteiger partial charge in [-0.15, -0.1) is 0 Å². The Morgan fingerprint density at radius 3 is 2.17 bits per heavy atom. The Morgan fingerprint density at radius 1 is 0.897 bits per heavy atom. The standard InChI is InChI=1S/C19H14F3N3O3S/c20-19(21,22)16-6-2-1-5-15(16)18(26)24-13-8-10-14(11-9-13)29(27,28)25-17-7-3-4-12-23-17/h1-12H,(H,23,25)(H,24,26). The smallest absolute Gasteiger partial charge is 0.322 e. The van der Waals surface area contributed by atoms with Crippen LogP contribution < -0.4 is 10.0 Å². The lowest BCUT2D eigenvalue weighted by Gasteiger charge is -2.13. The molecule has 3 aromatic rings. The minimum absolute atomic E-state index is 0.100. The summed E-state index contributed by atoms with van der Waals surface area (Å²) >= 11 is 0. The summed E-state index contributed by atoms with van der Waals surface area (Å²) in [5, 5.41) is 2.33. The average Bonchev–Trinajstić information content (AvgIpc) is 2.68. The molecular weight excluding hydrogens is 407 g/mol. The molecular formula is C19H14F3N3O3S. The molecule has 0 atom stereocenters. The van der Waals surface area contributed by atoms with E-state index in [1.807, 2.05) is 0 Å². The van der Waals surface area contributed by atoms with E-state index in [2.05, 4.69) is 15.0 Å². The molecule has 3 rings (SSSR count). The van der Waals surface area contributed by atoms with Crippen LogP contribution in [0.5, 0.6) is 0 Å². The first-order valence-electron chi connectivity index (χ1n) is 8.18. The zero-order valence-corrected chi connectivity index (χ0v) is 15.5. The van der Waals surface area contributed by atoms with Crippen molar-refractivity contribution in [3.05, 3.63) is 84.1 Å². The Kier molecular flexibility index (Phi) is 5.55. The molecule has 1 aromatic heterocycles. The second kappa shape index (κ2) is 7.92. The molecule has 0 radical (unpaired) electrons. The number of benzene rings is 2. The number of sulfonamides is 1. The molecule has 29 heavy (non-hydrogen) atoms. The Labute approximate surface area is 164 Å². The van der Waals surface area contributed by atoms with Crippen LogP contribution in [-0.2, 0) is 16.2 Å². The van der Waals surface area contributed by atoms with Crippen molar-refractivity contribution >= 4 is 27.4 Å². The van der Waals surface area contributed by atoms with Crippen molar-refractivity contribution in [2.75, 3.05) is 10.0 Å². The zero-order chi connectivity index (χ0) is 21.1. The van der Waals surface area contributed by atoms with Gasteiger partial charge >= 0.3 is 6.18 Å². The molecule has 1 amide bonds. The second-order valence-electron chi connectivity index (χ2n) is 5.84. The lowest BCUT2D eigenvalue weighted by molar-refractivity contribution is -0.137. The van der Waals surface area contributed by atoms with Gasteiger partial charge in [0.25, 0.3) is 15.9 Å². The third kappa shape index (κ3) is 4.91. The predicted octanol–water partition coefficient (Wildman–Crippen LogP) is 4.15. The highest BCUT2D eigenvalue weighted by atomic mass is 32.2. The van der Waals surface area contributed by atoms with Gasteiger partial charge in [0, 0.05) is 11.9 Å². The molecule has 0 saturated carbocycles. The number of carbonyl (C=O) groups excluding carboxylic acids is 1. The number of hydrogen-bond donors (Lipinski definition) is 2. The van der Waals surface area contributed by atoms with Gasteiger partial charge in [0.05, 0.1) is 16.0 Å². The van der Waals surface area contributed by atoms with Crippen LogP contribution in [0.4, 0.5) is 24.7 Å². The maximum absolute atomic E-state index is 13.1. The molecule has 0 aliphatic heterocycles. The highest BCUT2D eigenvalue weighted by Crippen LogP contribution is 2.32. The molecule has 6 nitrogen and oxygen atoms in total. The summed E-state index contributed by atoms with van der Waals surface area (Å²) in [6.07, 6.45) is -3.25. The van der Waals surface area contributed by atoms with Gasteiger partial charge in [-0.05, 0) is 48.5 Å². The fraction of sp³-hybridized carbons (Fsp3) is 0.0526. The molecule has 2 aromatic carbocycles. The van der Waals surface area contributed by atoms with Crippen LogP contribution in [0.15, 0.2) is 77.8 Å². The lowest BCUT2D eigenvalue weighted by atomic mass is 10.1. The van der Waals surface area contributed by atoms with Gasteiger partial charge in [-0.3, -0.25) is 9.52 Å². The number of halogens is 3. The van der Waals surface area contributed by atoms with E-state index in [4.69, 9.17) is 0 Å². The number of anilines is 2. The molecule has 0 saturated heterocycles. The first-order chi connectivity index (χ1) is 13.7. The molecule has 0 aliphatic rings. The summed E-state index contributed by atoms with van der Waals surface area (Å²) in [5.41, 5.74) is -1.45. The van der Waals surface area contributed by atoms with Gasteiger partial charge in [0.15, 0.2) is 0 Å². The normalized spacial score (nSPS) is 11.7. The quantitative estimate of drug-likeness (QED) is 0.648. The number of pyridine rings is 1. The van der Waals surface area contributed by atoms with Crippen LogP contribution in [0, 0.1) is 0 Å². The van der Waals surface area contributed by atoms with E-state index in [0.29, 0.717) is 0 Å². The molecule has 0 bridgehead atoms. The second-order valence-corrected chi connectivity index (χ2v) is 7.52. The Hall–Kier alpha value is -3.40. The van der Waals surface area contributed by atoms with Crippen molar-refractivity contribution in [1.82, 2.24) is 4.98 Å². The van der Waals surface area contributed by atoms with E-state index >= 15 is 0 Å². The minimum Gasteiger partial charge on any atom is -0.322 e. The third-order valence-corrected chi connectivity index (χ3v) is 5.17. The molecule has 0 spiro atoms. The van der Waals surface area contributed by atoms with Crippen LogP contribution in [-0.4, -0.2) is 19.3 Å². The van der Waals surface area contributed by atoms with Crippen molar-refractivity contribution in [1.29, 1.82) is 0 Å². The first-order valence-corrected chi connectivity index (χ1v) is 9.67. The number of nitrogens with zero attached hydrogens (tertiary/aromatic N) is 1. The lowest BCUT2D eigenvalue weighted by Crippen LogP contribution is -2.18. The third-order valence-electron chi connectivity index (χ3n) is 3.80. The van der Waals surface area contributed by atoms with Gasteiger partial charge in [-0.2, -0.15) is 13.2 Å². The van der Waals surface area contributed by atoms with Crippen molar-refractivity contribution in [2.24, 2.45) is 0 Å². The van der Waals surface area contributed by atoms with E-state index in [0.717, 1.165) is 12.1 Å². The van der Waals surface area contributed by atoms with Crippen LogP contribution >= 0.6 is 0 Å². The molecule has 0 aliphatic carbocycles. The SMILES string of the molecule is O=C(Nc1ccc(S(=O)(=O)Nc2ccccn2)cc1)c1ccccc1C(F)(F)F. The summed E-state index contributed by atoms with van der Waals surface area (Å²) in [7, 11) is -3.91. The van der Waals surface area contributed by atoms with Crippen LogP contribution in [0.3, 0.4) is 0 Å². The van der Waals surface area contributed by atoms with E-state index in [-0.39, 0.29) is 16.4 Å². The average molecular weight is 421 g/mol. The highest BCUT2D eigenvalue weighted by molar-refractivity contribution is 7.92.